The zero-order valence-corrected chi connectivity index (χ0v) is 10.2. The standard InChI is InChI=1S/C10H13N3.C2H6/c1-7(2)13-10-9(6-12-13)4-8(3)5-11-10;1-2/h4-7H,1-3H3;1-2H3. The van der Waals surface area contributed by atoms with Gasteiger partial charge in [0.25, 0.3) is 0 Å². The fourth-order valence-corrected chi connectivity index (χ4v) is 1.43. The third-order valence-corrected chi connectivity index (χ3v) is 2.06. The number of aryl methyl sites for hydroxylation is 1. The monoisotopic (exact) mass is 205 g/mol. The number of hydrogen-bond donors (Lipinski definition) is 0. The molecule has 2 rings (SSSR count). The molecule has 0 saturated heterocycles. The van der Waals surface area contributed by atoms with Crippen LogP contribution in [0.5, 0.6) is 0 Å². The summed E-state index contributed by atoms with van der Waals surface area (Å²) in [6, 6.07) is 2.47. The molecule has 0 aromatic carbocycles. The molecule has 3 nitrogen and oxygen atoms in total. The van der Waals surface area contributed by atoms with Crippen molar-refractivity contribution >= 4 is 11.0 Å². The molecule has 0 unspecified atom stereocenters. The van der Waals surface area contributed by atoms with E-state index in [2.05, 4.69) is 30.0 Å². The summed E-state index contributed by atoms with van der Waals surface area (Å²) in [5.74, 6) is 0. The van der Waals surface area contributed by atoms with Crippen LogP contribution in [0.1, 0.15) is 39.3 Å². The molecule has 2 heterocycles. The Morgan fingerprint density at radius 1 is 1.20 bits per heavy atom. The van der Waals surface area contributed by atoms with Gasteiger partial charge < -0.3 is 0 Å². The number of pyridine rings is 1. The zero-order valence-electron chi connectivity index (χ0n) is 10.2. The molecule has 0 radical (unpaired) electrons. The number of rotatable bonds is 1. The van der Waals surface area contributed by atoms with E-state index in [1.165, 1.54) is 5.56 Å². The molecular formula is C12H19N3. The lowest BCUT2D eigenvalue weighted by molar-refractivity contribution is 0.546. The largest absolute Gasteiger partial charge is 0.245 e. The molecule has 2 aromatic rings. The Bertz CT molecular complexity index is 429. The summed E-state index contributed by atoms with van der Waals surface area (Å²) >= 11 is 0. The smallest absolute Gasteiger partial charge is 0.157 e. The van der Waals surface area contributed by atoms with Crippen LogP contribution in [0.3, 0.4) is 0 Å². The number of aromatic nitrogens is 3. The molecule has 0 N–H and O–H groups in total. The van der Waals surface area contributed by atoms with E-state index in [1.807, 2.05) is 37.8 Å². The molecule has 0 amide bonds. The van der Waals surface area contributed by atoms with Gasteiger partial charge in [-0.2, -0.15) is 5.10 Å². The Balaban J connectivity index is 0.000000531. The minimum absolute atomic E-state index is 0.368. The van der Waals surface area contributed by atoms with Crippen molar-refractivity contribution in [3.63, 3.8) is 0 Å². The van der Waals surface area contributed by atoms with Crippen molar-refractivity contribution in [2.45, 2.75) is 40.7 Å². The molecule has 2 aromatic heterocycles. The summed E-state index contributed by atoms with van der Waals surface area (Å²) in [4.78, 5) is 4.36. The Hall–Kier alpha value is -1.38. The van der Waals surface area contributed by atoms with Gasteiger partial charge in [0.1, 0.15) is 0 Å². The van der Waals surface area contributed by atoms with Crippen molar-refractivity contribution in [1.82, 2.24) is 14.8 Å². The van der Waals surface area contributed by atoms with Crippen LogP contribution in [0.2, 0.25) is 0 Å². The fraction of sp³-hybridized carbons (Fsp3) is 0.500. The van der Waals surface area contributed by atoms with E-state index in [0.717, 1.165) is 11.0 Å². The minimum atomic E-state index is 0.368. The molecule has 0 aliphatic carbocycles. The second-order valence-corrected chi connectivity index (χ2v) is 3.61. The van der Waals surface area contributed by atoms with Crippen LogP contribution in [0.4, 0.5) is 0 Å². The average molecular weight is 205 g/mol. The van der Waals surface area contributed by atoms with Crippen molar-refractivity contribution < 1.29 is 0 Å². The van der Waals surface area contributed by atoms with Gasteiger partial charge in [0, 0.05) is 17.6 Å². The summed E-state index contributed by atoms with van der Waals surface area (Å²) in [6.07, 6.45) is 3.75. The third kappa shape index (κ3) is 2.35. The van der Waals surface area contributed by atoms with Gasteiger partial charge in [-0.3, -0.25) is 0 Å². The van der Waals surface area contributed by atoms with E-state index in [1.54, 1.807) is 0 Å². The maximum absolute atomic E-state index is 4.36. The molecule has 0 fully saturated rings. The summed E-state index contributed by atoms with van der Waals surface area (Å²) in [6.45, 7) is 10.3. The predicted molar refractivity (Wildman–Crippen MR) is 64.0 cm³/mol. The van der Waals surface area contributed by atoms with Gasteiger partial charge in [-0.1, -0.05) is 13.8 Å². The van der Waals surface area contributed by atoms with Gasteiger partial charge in [0.15, 0.2) is 5.65 Å². The molecular weight excluding hydrogens is 186 g/mol. The van der Waals surface area contributed by atoms with Crippen LogP contribution in [0.25, 0.3) is 11.0 Å². The summed E-state index contributed by atoms with van der Waals surface area (Å²) in [5, 5.41) is 5.41. The first-order valence-electron chi connectivity index (χ1n) is 5.48. The first kappa shape index (κ1) is 11.7. The van der Waals surface area contributed by atoms with Crippen LogP contribution in [-0.4, -0.2) is 14.8 Å². The minimum Gasteiger partial charge on any atom is -0.245 e. The van der Waals surface area contributed by atoms with Crippen molar-refractivity contribution in [2.24, 2.45) is 0 Å². The van der Waals surface area contributed by atoms with E-state index in [4.69, 9.17) is 0 Å². The van der Waals surface area contributed by atoms with E-state index in [9.17, 15) is 0 Å². The Labute approximate surface area is 91.1 Å². The summed E-state index contributed by atoms with van der Waals surface area (Å²) in [7, 11) is 0. The van der Waals surface area contributed by atoms with Gasteiger partial charge in [0.2, 0.25) is 0 Å². The summed E-state index contributed by atoms with van der Waals surface area (Å²) < 4.78 is 1.94. The topological polar surface area (TPSA) is 30.7 Å². The molecule has 82 valence electrons. The highest BCUT2D eigenvalue weighted by atomic mass is 15.3. The molecule has 3 heteroatoms. The SMILES string of the molecule is CC.Cc1cnc2c(cnn2C(C)C)c1. The number of nitrogens with zero attached hydrogens (tertiary/aromatic N) is 3. The molecule has 0 aliphatic rings. The molecule has 0 saturated carbocycles. The highest BCUT2D eigenvalue weighted by molar-refractivity contribution is 5.74. The Morgan fingerprint density at radius 2 is 1.87 bits per heavy atom. The van der Waals surface area contributed by atoms with E-state index in [0.29, 0.717) is 6.04 Å². The quantitative estimate of drug-likeness (QED) is 0.714. The number of fused-ring (bicyclic) bond motifs is 1. The van der Waals surface area contributed by atoms with Crippen LogP contribution >= 0.6 is 0 Å². The summed E-state index contributed by atoms with van der Waals surface area (Å²) in [5.41, 5.74) is 2.15. The van der Waals surface area contributed by atoms with Gasteiger partial charge in [-0.25, -0.2) is 9.67 Å². The highest BCUT2D eigenvalue weighted by Gasteiger charge is 2.05. The van der Waals surface area contributed by atoms with Crippen molar-refractivity contribution in [3.05, 3.63) is 24.0 Å². The van der Waals surface area contributed by atoms with Gasteiger partial charge in [0.05, 0.1) is 6.20 Å². The lowest BCUT2D eigenvalue weighted by Crippen LogP contribution is -2.02. The van der Waals surface area contributed by atoms with E-state index < -0.39 is 0 Å². The normalized spacial score (nSPS) is 10.3. The second-order valence-electron chi connectivity index (χ2n) is 3.61. The molecule has 0 atom stereocenters. The number of hydrogen-bond acceptors (Lipinski definition) is 2. The Morgan fingerprint density at radius 3 is 2.47 bits per heavy atom. The molecule has 0 aliphatic heterocycles. The predicted octanol–water partition coefficient (Wildman–Crippen LogP) is 3.35. The maximum Gasteiger partial charge on any atom is 0.157 e. The van der Waals surface area contributed by atoms with Crippen LogP contribution < -0.4 is 0 Å². The van der Waals surface area contributed by atoms with Gasteiger partial charge in [-0.15, -0.1) is 0 Å². The first-order valence-corrected chi connectivity index (χ1v) is 5.48. The van der Waals surface area contributed by atoms with E-state index in [-0.39, 0.29) is 0 Å². The highest BCUT2D eigenvalue weighted by Crippen LogP contribution is 2.15. The van der Waals surface area contributed by atoms with Gasteiger partial charge >= 0.3 is 0 Å². The Kier molecular flexibility index (Phi) is 3.83. The zero-order chi connectivity index (χ0) is 11.4. The lowest BCUT2D eigenvalue weighted by atomic mass is 10.2. The molecule has 15 heavy (non-hydrogen) atoms. The molecule has 0 bridgehead atoms. The van der Waals surface area contributed by atoms with Crippen molar-refractivity contribution in [3.8, 4) is 0 Å². The van der Waals surface area contributed by atoms with Gasteiger partial charge in [-0.05, 0) is 32.4 Å². The van der Waals surface area contributed by atoms with Crippen LogP contribution in [0.15, 0.2) is 18.5 Å². The first-order chi connectivity index (χ1) is 7.18. The van der Waals surface area contributed by atoms with Crippen molar-refractivity contribution in [1.29, 1.82) is 0 Å². The third-order valence-electron chi connectivity index (χ3n) is 2.06. The average Bonchev–Trinajstić information content (AvgIpc) is 2.63. The van der Waals surface area contributed by atoms with Crippen LogP contribution in [0, 0.1) is 6.92 Å². The second kappa shape index (κ2) is 4.91. The van der Waals surface area contributed by atoms with Crippen molar-refractivity contribution in [2.75, 3.05) is 0 Å². The molecule has 0 spiro atoms. The fourth-order valence-electron chi connectivity index (χ4n) is 1.43. The lowest BCUT2D eigenvalue weighted by Gasteiger charge is -2.05. The maximum atomic E-state index is 4.36. The van der Waals surface area contributed by atoms with Crippen LogP contribution in [-0.2, 0) is 0 Å². The van der Waals surface area contributed by atoms with E-state index >= 15 is 0 Å².